The van der Waals surface area contributed by atoms with Crippen LogP contribution in [0.3, 0.4) is 0 Å². The fraction of sp³-hybridized carbons (Fsp3) is 0.545. The molecule has 2 aromatic rings. The van der Waals surface area contributed by atoms with Crippen LogP contribution in [0.1, 0.15) is 42.9 Å². The molecule has 25 heavy (non-hydrogen) atoms. The second kappa shape index (κ2) is 8.11. The molecule has 2 aromatic carbocycles. The fourth-order valence-corrected chi connectivity index (χ4v) is 5.22. The van der Waals surface area contributed by atoms with Crippen molar-refractivity contribution in [2.24, 2.45) is 0 Å². The summed E-state index contributed by atoms with van der Waals surface area (Å²) in [6.07, 6.45) is 6.77. The number of likely N-dealkylation sites (tertiary alicyclic amines) is 2. The maximum atomic E-state index is 5.11. The molecule has 2 atom stereocenters. The number of fused-ring (bicyclic) bond motifs is 1. The Morgan fingerprint density at radius 1 is 0.880 bits per heavy atom. The van der Waals surface area contributed by atoms with E-state index in [9.17, 15) is 0 Å². The molecule has 2 saturated heterocycles. The first-order valence-corrected chi connectivity index (χ1v) is 10.5. The molecule has 2 aliphatic rings. The molecule has 0 N–H and O–H groups in total. The minimum atomic E-state index is 0.301. The molecular weight excluding hydrogens is 324 g/mol. The van der Waals surface area contributed by atoms with Gasteiger partial charge in [-0.25, -0.2) is 0 Å². The summed E-state index contributed by atoms with van der Waals surface area (Å²) < 4.78 is 0. The molecule has 4 rings (SSSR count). The van der Waals surface area contributed by atoms with E-state index < -0.39 is 0 Å². The zero-order valence-corrected chi connectivity index (χ0v) is 16.0. The molecule has 2 aliphatic heterocycles. The summed E-state index contributed by atoms with van der Waals surface area (Å²) in [5.74, 6) is 0. The Hall–Kier alpha value is -1.03. The zero-order valence-electron chi connectivity index (χ0n) is 15.1. The van der Waals surface area contributed by atoms with Crippen LogP contribution in [-0.2, 0) is 0 Å². The van der Waals surface area contributed by atoms with E-state index in [-0.39, 0.29) is 0 Å². The Morgan fingerprint density at radius 2 is 1.68 bits per heavy atom. The Morgan fingerprint density at radius 3 is 2.56 bits per heavy atom. The summed E-state index contributed by atoms with van der Waals surface area (Å²) in [5, 5.41) is 3.00. The molecule has 0 spiro atoms. The van der Waals surface area contributed by atoms with Crippen LogP contribution < -0.4 is 0 Å². The average molecular weight is 355 g/mol. The van der Waals surface area contributed by atoms with Crippen molar-refractivity contribution < 1.29 is 0 Å². The van der Waals surface area contributed by atoms with Crippen LogP contribution >= 0.6 is 12.6 Å². The molecule has 2 heterocycles. The van der Waals surface area contributed by atoms with Crippen molar-refractivity contribution in [1.29, 1.82) is 0 Å². The second-order valence-corrected chi connectivity index (χ2v) is 8.22. The van der Waals surface area contributed by atoms with Gasteiger partial charge < -0.3 is 4.90 Å². The van der Waals surface area contributed by atoms with Gasteiger partial charge in [0.05, 0.1) is 0 Å². The largest absolute Gasteiger partial charge is 0.302 e. The van der Waals surface area contributed by atoms with Gasteiger partial charge in [-0.2, -0.15) is 12.6 Å². The Labute approximate surface area is 157 Å². The van der Waals surface area contributed by atoms with Crippen LogP contribution in [0.2, 0.25) is 0 Å². The van der Waals surface area contributed by atoms with Gasteiger partial charge in [0.1, 0.15) is 0 Å². The highest BCUT2D eigenvalue weighted by Gasteiger charge is 2.31. The third-order valence-corrected chi connectivity index (χ3v) is 6.70. The van der Waals surface area contributed by atoms with Gasteiger partial charge in [-0.3, -0.25) is 4.90 Å². The van der Waals surface area contributed by atoms with E-state index in [2.05, 4.69) is 52.3 Å². The van der Waals surface area contributed by atoms with Gasteiger partial charge in [-0.15, -0.1) is 0 Å². The lowest BCUT2D eigenvalue weighted by atomic mass is 9.97. The molecule has 0 bridgehead atoms. The molecule has 2 fully saturated rings. The summed E-state index contributed by atoms with van der Waals surface area (Å²) in [7, 11) is 0. The summed E-state index contributed by atoms with van der Waals surface area (Å²) in [4.78, 5) is 5.36. The van der Waals surface area contributed by atoms with Gasteiger partial charge in [-0.1, -0.05) is 48.9 Å². The zero-order chi connectivity index (χ0) is 17.1. The molecule has 0 aliphatic carbocycles. The van der Waals surface area contributed by atoms with Crippen molar-refractivity contribution in [3.05, 3.63) is 48.0 Å². The molecular formula is C22H30N2S. The van der Waals surface area contributed by atoms with E-state index in [0.717, 1.165) is 0 Å². The van der Waals surface area contributed by atoms with Crippen molar-refractivity contribution in [2.75, 3.05) is 32.7 Å². The minimum absolute atomic E-state index is 0.301. The number of hydrogen-bond acceptors (Lipinski definition) is 3. The molecule has 2 unspecified atom stereocenters. The molecule has 0 amide bonds. The summed E-state index contributed by atoms with van der Waals surface area (Å²) in [6, 6.07) is 16.0. The van der Waals surface area contributed by atoms with Crippen LogP contribution in [0.4, 0.5) is 0 Å². The maximum Gasteiger partial charge on any atom is 0.0428 e. The highest BCUT2D eigenvalue weighted by atomic mass is 32.1. The van der Waals surface area contributed by atoms with E-state index in [1.54, 1.807) is 0 Å². The topological polar surface area (TPSA) is 6.48 Å². The number of hydrogen-bond donors (Lipinski definition) is 1. The highest BCUT2D eigenvalue weighted by Crippen LogP contribution is 2.37. The third kappa shape index (κ3) is 3.89. The third-order valence-electron chi connectivity index (χ3n) is 6.07. The number of rotatable bonds is 5. The van der Waals surface area contributed by atoms with Crippen LogP contribution in [-0.4, -0.2) is 48.6 Å². The van der Waals surface area contributed by atoms with E-state index in [0.29, 0.717) is 11.3 Å². The maximum absolute atomic E-state index is 5.11. The lowest BCUT2D eigenvalue weighted by Gasteiger charge is -2.33. The average Bonchev–Trinajstić information content (AvgIpc) is 3.15. The van der Waals surface area contributed by atoms with Crippen LogP contribution in [0.15, 0.2) is 42.5 Å². The first kappa shape index (κ1) is 17.4. The van der Waals surface area contributed by atoms with Crippen molar-refractivity contribution in [1.82, 2.24) is 9.80 Å². The van der Waals surface area contributed by atoms with Gasteiger partial charge in [0.2, 0.25) is 0 Å². The van der Waals surface area contributed by atoms with E-state index >= 15 is 0 Å². The first-order valence-electron chi connectivity index (χ1n) is 9.95. The van der Waals surface area contributed by atoms with Crippen molar-refractivity contribution in [3.63, 3.8) is 0 Å². The lowest BCUT2D eigenvalue weighted by Crippen LogP contribution is -2.41. The normalized spacial score (nSPS) is 24.0. The molecule has 2 nitrogen and oxygen atoms in total. The van der Waals surface area contributed by atoms with Crippen LogP contribution in [0.5, 0.6) is 0 Å². The van der Waals surface area contributed by atoms with Crippen LogP contribution in [0, 0.1) is 0 Å². The monoisotopic (exact) mass is 354 g/mol. The van der Waals surface area contributed by atoms with E-state index in [1.807, 2.05) is 0 Å². The Balaban J connectivity index is 1.47. The van der Waals surface area contributed by atoms with Gasteiger partial charge in [-0.05, 0) is 61.7 Å². The Kier molecular flexibility index (Phi) is 5.64. The molecule has 0 aromatic heterocycles. The molecule has 0 radical (unpaired) electrons. The van der Waals surface area contributed by atoms with Gasteiger partial charge in [0, 0.05) is 24.4 Å². The number of benzene rings is 2. The lowest BCUT2D eigenvalue weighted by molar-refractivity contribution is 0.173. The first-order chi connectivity index (χ1) is 12.3. The molecule has 3 heteroatoms. The smallest absolute Gasteiger partial charge is 0.0428 e. The standard InChI is InChI=1S/C22H30N2S/c25-22(20-11-6-9-18-8-2-3-10-19(18)20)21-12-7-15-24(21)17-16-23-13-4-1-5-14-23/h2-3,6,8-11,21-22,25H,1,4-5,7,12-17H2. The number of nitrogens with zero attached hydrogens (tertiary/aromatic N) is 2. The minimum Gasteiger partial charge on any atom is -0.302 e. The number of piperidine rings is 1. The second-order valence-electron chi connectivity index (χ2n) is 7.66. The van der Waals surface area contributed by atoms with Gasteiger partial charge >= 0.3 is 0 Å². The van der Waals surface area contributed by atoms with E-state index in [1.165, 1.54) is 81.2 Å². The Bertz CT molecular complexity index is 690. The molecule has 0 saturated carbocycles. The SMILES string of the molecule is SC(c1cccc2ccccc12)C1CCCN1CCN1CCCCC1. The molecule has 134 valence electrons. The summed E-state index contributed by atoms with van der Waals surface area (Å²) in [6.45, 7) is 6.26. The van der Waals surface area contributed by atoms with Crippen molar-refractivity contribution in [2.45, 2.75) is 43.4 Å². The predicted molar refractivity (Wildman–Crippen MR) is 111 cm³/mol. The van der Waals surface area contributed by atoms with Gasteiger partial charge in [0.25, 0.3) is 0 Å². The number of thiol groups is 1. The van der Waals surface area contributed by atoms with E-state index in [4.69, 9.17) is 12.6 Å². The van der Waals surface area contributed by atoms with Gasteiger partial charge in [0.15, 0.2) is 0 Å². The summed E-state index contributed by atoms with van der Waals surface area (Å²) >= 11 is 5.11. The predicted octanol–water partition coefficient (Wildman–Crippen LogP) is 4.76. The fourth-order valence-electron chi connectivity index (χ4n) is 4.66. The van der Waals surface area contributed by atoms with Crippen molar-refractivity contribution in [3.8, 4) is 0 Å². The van der Waals surface area contributed by atoms with Crippen molar-refractivity contribution >= 4 is 23.4 Å². The highest BCUT2D eigenvalue weighted by molar-refractivity contribution is 7.80. The van der Waals surface area contributed by atoms with Crippen LogP contribution in [0.25, 0.3) is 10.8 Å². The summed E-state index contributed by atoms with van der Waals surface area (Å²) in [5.41, 5.74) is 1.40. The quantitative estimate of drug-likeness (QED) is 0.773.